The summed E-state index contributed by atoms with van der Waals surface area (Å²) in [5.41, 5.74) is 7.98. The first-order chi connectivity index (χ1) is 32.0. The molecule has 0 bridgehead atoms. The molecule has 0 fully saturated rings. The highest BCUT2D eigenvalue weighted by Gasteiger charge is 2.35. The van der Waals surface area contributed by atoms with E-state index in [4.69, 9.17) is 17.3 Å². The maximum absolute atomic E-state index is 14.3. The zero-order chi connectivity index (χ0) is 50.3. The summed E-state index contributed by atoms with van der Waals surface area (Å²) in [5, 5.41) is 38.6. The molecule has 0 aliphatic rings. The van der Waals surface area contributed by atoms with E-state index in [1.807, 2.05) is 4.72 Å². The van der Waals surface area contributed by atoms with Gasteiger partial charge in [-0.1, -0.05) is 59.6 Å². The number of rotatable bonds is 26. The van der Waals surface area contributed by atoms with Gasteiger partial charge >= 0.3 is 17.9 Å². The van der Waals surface area contributed by atoms with Crippen LogP contribution in [0.4, 0.5) is 0 Å². The molecule has 6 amide bonds. The highest BCUT2D eigenvalue weighted by atomic mass is 35.5. The Balaban J connectivity index is 1.57. The number of carbonyl (C=O) groups excluding carboxylic acids is 6. The number of nitrogens with one attached hydrogen (secondary N) is 6. The predicted molar refractivity (Wildman–Crippen MR) is 243 cm³/mol. The van der Waals surface area contributed by atoms with E-state index in [1.165, 1.54) is 37.4 Å². The Morgan fingerprint density at radius 2 is 1.37 bits per heavy atom. The molecule has 4 rings (SSSR count). The second-order valence-electron chi connectivity index (χ2n) is 15.7. The third-order valence-corrected chi connectivity index (χ3v) is 12.2. The molecule has 0 spiro atoms. The fourth-order valence-electron chi connectivity index (χ4n) is 6.97. The van der Waals surface area contributed by atoms with E-state index >= 15 is 0 Å². The van der Waals surface area contributed by atoms with Gasteiger partial charge in [0, 0.05) is 54.9 Å². The van der Waals surface area contributed by atoms with Crippen LogP contribution in [0.15, 0.2) is 83.9 Å². The number of benzene rings is 3. The largest absolute Gasteiger partial charge is 0.481 e. The van der Waals surface area contributed by atoms with E-state index < -0.39 is 126 Å². The third-order valence-electron chi connectivity index (χ3n) is 10.5. The van der Waals surface area contributed by atoms with Crippen LogP contribution in [0.1, 0.15) is 48.8 Å². The number of aromatic amines is 1. The molecule has 0 saturated carbocycles. The lowest BCUT2D eigenvalue weighted by molar-refractivity contribution is -0.143. The van der Waals surface area contributed by atoms with Gasteiger partial charge in [0.15, 0.2) is 0 Å². The number of nitrogens with zero attached hydrogens (tertiary/aromatic N) is 1. The number of sulfonamides is 1. The lowest BCUT2D eigenvalue weighted by Gasteiger charge is -2.30. The highest BCUT2D eigenvalue weighted by molar-refractivity contribution is 7.89. The third kappa shape index (κ3) is 15.9. The molecule has 0 aliphatic heterocycles. The molecule has 0 unspecified atom stereocenters. The van der Waals surface area contributed by atoms with Gasteiger partial charge in [-0.2, -0.15) is 4.72 Å². The molecule has 5 atom stereocenters. The normalized spacial score (nSPS) is 13.5. The first kappa shape index (κ1) is 53.2. The maximum Gasteiger partial charge on any atom is 0.305 e. The number of likely N-dealkylation sites (N-methyl/N-ethyl adjacent to an activating group) is 1. The quantitative estimate of drug-likeness (QED) is 0.0406. The van der Waals surface area contributed by atoms with Crippen molar-refractivity contribution in [3.63, 3.8) is 0 Å². The molecular weight excluding hydrogens is 932 g/mol. The number of carboxylic acids is 3. The molecule has 0 aliphatic carbocycles. The van der Waals surface area contributed by atoms with Crippen LogP contribution in [0.2, 0.25) is 5.02 Å². The van der Waals surface area contributed by atoms with Crippen molar-refractivity contribution >= 4 is 85.9 Å². The molecule has 22 nitrogen and oxygen atoms in total. The Kier molecular flexibility index (Phi) is 19.1. The van der Waals surface area contributed by atoms with Gasteiger partial charge in [0.2, 0.25) is 45.5 Å². The number of carbonyl (C=O) groups is 9. The SMILES string of the molecule is Cc1ccc(S(=O)(=O)N[C@H](CC(=O)O)C(=O)N[C@@H](CCC(=O)O)C(=O)NCC(=O)N[C@@H](Cc2cccc(Cl)c2)C(=O)N[C@@H](Cc2c[nH]c3ccccc23)C(=O)N(C)[C@@H](CCC(=O)O)C(N)=O)cc1. The number of halogens is 1. The van der Waals surface area contributed by atoms with Crippen LogP contribution in [-0.2, 0) is 66.0 Å². The van der Waals surface area contributed by atoms with Crippen LogP contribution in [0.3, 0.4) is 0 Å². The standard InChI is InChI=1S/C44H51ClN8O14S/c1-24-10-12-28(13-11-24)68(66,67)52-33(21-39(59)60)43(64)50-31(14-16-37(55)56)41(62)48-23-36(54)49-32(19-25-6-5-7-27(45)18-25)42(63)51-34(20-26-22-47-30-9-4-3-8-29(26)30)44(65)53(2)35(40(46)61)15-17-38(57)58/h3-13,18,22,31-35,47,52H,14-17,19-21,23H2,1-2H3,(H2,46,61)(H,48,62)(H,49,54)(H,50,64)(H,51,63)(H,55,56)(H,57,58)(H,59,60)/t31-,32-,33+,34-,35-/m0/s1. The first-order valence-electron chi connectivity index (χ1n) is 20.8. The Morgan fingerprint density at radius 1 is 0.735 bits per heavy atom. The zero-order valence-electron chi connectivity index (χ0n) is 36.7. The van der Waals surface area contributed by atoms with Crippen molar-refractivity contribution in [2.75, 3.05) is 13.6 Å². The van der Waals surface area contributed by atoms with Gasteiger partial charge in [-0.15, -0.1) is 0 Å². The number of aryl methyl sites for hydroxylation is 1. The highest BCUT2D eigenvalue weighted by Crippen LogP contribution is 2.21. The number of H-pyrrole nitrogens is 1. The molecule has 0 saturated heterocycles. The average Bonchev–Trinajstić information content (AvgIpc) is 3.68. The second-order valence-corrected chi connectivity index (χ2v) is 17.8. The summed E-state index contributed by atoms with van der Waals surface area (Å²) in [6.45, 7) is 0.806. The summed E-state index contributed by atoms with van der Waals surface area (Å²) < 4.78 is 28.2. The van der Waals surface area contributed by atoms with E-state index in [-0.39, 0.29) is 29.2 Å². The van der Waals surface area contributed by atoms with E-state index in [0.717, 1.165) is 4.90 Å². The van der Waals surface area contributed by atoms with Gasteiger partial charge in [-0.3, -0.25) is 43.2 Å². The Labute approximate surface area is 394 Å². The van der Waals surface area contributed by atoms with Crippen LogP contribution in [0, 0.1) is 6.92 Å². The number of amides is 6. The molecule has 0 radical (unpaired) electrons. The lowest BCUT2D eigenvalue weighted by Crippen LogP contribution is -2.58. The summed E-state index contributed by atoms with van der Waals surface area (Å²) in [5.74, 6) is -10.4. The number of aromatic nitrogens is 1. The van der Waals surface area contributed by atoms with Crippen molar-refractivity contribution in [1.29, 1.82) is 0 Å². The molecule has 3 aromatic carbocycles. The Morgan fingerprint density at radius 3 is 2.00 bits per heavy atom. The summed E-state index contributed by atoms with van der Waals surface area (Å²) >= 11 is 6.21. The minimum atomic E-state index is -4.49. The van der Waals surface area contributed by atoms with Gasteiger partial charge in [0.1, 0.15) is 30.2 Å². The number of hydrogen-bond acceptors (Lipinski definition) is 11. The van der Waals surface area contributed by atoms with Gasteiger partial charge < -0.3 is 52.2 Å². The number of hydrogen-bond donors (Lipinski definition) is 10. The average molecular weight is 983 g/mol. The van der Waals surface area contributed by atoms with Gasteiger partial charge in [-0.25, -0.2) is 8.42 Å². The molecule has 11 N–H and O–H groups in total. The fourth-order valence-corrected chi connectivity index (χ4v) is 8.38. The zero-order valence-corrected chi connectivity index (χ0v) is 38.3. The number of fused-ring (bicyclic) bond motifs is 1. The number of primary amides is 1. The van der Waals surface area contributed by atoms with Gasteiger partial charge in [0.05, 0.1) is 17.9 Å². The number of nitrogens with two attached hydrogens (primary N) is 1. The van der Waals surface area contributed by atoms with Crippen LogP contribution in [0.5, 0.6) is 0 Å². The number of carboxylic acid groups (broad SMARTS) is 3. The second kappa shape index (κ2) is 24.4. The van der Waals surface area contributed by atoms with Gasteiger partial charge in [0.25, 0.3) is 0 Å². The summed E-state index contributed by atoms with van der Waals surface area (Å²) in [6, 6.07) is 10.6. The van der Waals surface area contributed by atoms with Crippen molar-refractivity contribution < 1.29 is 66.9 Å². The number of para-hydroxylation sites is 1. The van der Waals surface area contributed by atoms with E-state index in [2.05, 4.69) is 26.3 Å². The van der Waals surface area contributed by atoms with Crippen molar-refractivity contribution in [1.82, 2.24) is 35.9 Å². The van der Waals surface area contributed by atoms with Crippen molar-refractivity contribution in [2.45, 2.75) is 87.0 Å². The molecule has 1 aromatic heterocycles. The van der Waals surface area contributed by atoms with Crippen molar-refractivity contribution in [2.24, 2.45) is 5.73 Å². The van der Waals surface area contributed by atoms with E-state index in [0.29, 0.717) is 27.6 Å². The summed E-state index contributed by atoms with van der Waals surface area (Å²) in [6.07, 6.45) is -2.02. The first-order valence-corrected chi connectivity index (χ1v) is 22.7. The molecule has 1 heterocycles. The van der Waals surface area contributed by atoms with E-state index in [9.17, 15) is 66.9 Å². The molecular formula is C44H51ClN8O14S. The molecule has 4 aromatic rings. The smallest absolute Gasteiger partial charge is 0.305 e. The fraction of sp³-hybridized carbons (Fsp3) is 0.341. The van der Waals surface area contributed by atoms with Crippen molar-refractivity contribution in [3.05, 3.63) is 101 Å². The maximum atomic E-state index is 14.3. The van der Waals surface area contributed by atoms with Gasteiger partial charge in [-0.05, 0) is 61.2 Å². The molecule has 68 heavy (non-hydrogen) atoms. The minimum absolute atomic E-state index is 0.165. The Bertz CT molecular complexity index is 2640. The van der Waals surface area contributed by atoms with Crippen LogP contribution >= 0.6 is 11.6 Å². The van der Waals surface area contributed by atoms with Crippen LogP contribution in [0.25, 0.3) is 10.9 Å². The lowest BCUT2D eigenvalue weighted by atomic mass is 10.0. The number of aliphatic carboxylic acids is 3. The van der Waals surface area contributed by atoms with Crippen molar-refractivity contribution in [3.8, 4) is 0 Å². The Hall–Kier alpha value is -7.37. The molecule has 24 heteroatoms. The predicted octanol–water partition coefficient (Wildman–Crippen LogP) is 0.349. The van der Waals surface area contributed by atoms with E-state index in [1.54, 1.807) is 55.6 Å². The van der Waals surface area contributed by atoms with Crippen LogP contribution < -0.4 is 31.7 Å². The topological polar surface area (TPSA) is 354 Å². The summed E-state index contributed by atoms with van der Waals surface area (Å²) in [4.78, 5) is 120. The monoisotopic (exact) mass is 982 g/mol. The minimum Gasteiger partial charge on any atom is -0.481 e. The molecule has 364 valence electrons. The summed E-state index contributed by atoms with van der Waals surface area (Å²) in [7, 11) is -3.26. The van der Waals surface area contributed by atoms with Crippen LogP contribution in [-0.4, -0.2) is 131 Å².